The standard InChI is InChI=1S/C13H13N3O/c1-10(11-5-3-2-4-6-11)16-13(17)12-9-14-7-8-15-12/h2-10H,1H3,(H,16,17)/t10-/m1/s1. The van der Waals surface area contributed by atoms with Crippen LogP contribution in [0.4, 0.5) is 0 Å². The molecule has 0 unspecified atom stereocenters. The largest absolute Gasteiger partial charge is 0.344 e. The Labute approximate surface area is 99.7 Å². The molecular formula is C13H13N3O. The van der Waals surface area contributed by atoms with E-state index in [1.165, 1.54) is 18.6 Å². The van der Waals surface area contributed by atoms with Crippen molar-refractivity contribution in [1.29, 1.82) is 0 Å². The van der Waals surface area contributed by atoms with E-state index in [1.807, 2.05) is 37.3 Å². The molecule has 0 aliphatic rings. The van der Waals surface area contributed by atoms with Gasteiger partial charge in [0.05, 0.1) is 12.2 Å². The van der Waals surface area contributed by atoms with Crippen LogP contribution in [0.2, 0.25) is 0 Å². The fourth-order valence-corrected chi connectivity index (χ4v) is 1.51. The summed E-state index contributed by atoms with van der Waals surface area (Å²) < 4.78 is 0. The van der Waals surface area contributed by atoms with Crippen LogP contribution >= 0.6 is 0 Å². The van der Waals surface area contributed by atoms with Gasteiger partial charge in [0.2, 0.25) is 0 Å². The van der Waals surface area contributed by atoms with Crippen LogP contribution < -0.4 is 5.32 Å². The van der Waals surface area contributed by atoms with E-state index in [1.54, 1.807) is 0 Å². The van der Waals surface area contributed by atoms with Crippen molar-refractivity contribution < 1.29 is 4.79 Å². The van der Waals surface area contributed by atoms with Crippen molar-refractivity contribution in [3.8, 4) is 0 Å². The van der Waals surface area contributed by atoms with Crippen LogP contribution in [0.5, 0.6) is 0 Å². The van der Waals surface area contributed by atoms with Gasteiger partial charge in [0.1, 0.15) is 5.69 Å². The third-order valence-corrected chi connectivity index (χ3v) is 2.44. The second-order valence-electron chi connectivity index (χ2n) is 3.70. The Bertz CT molecular complexity index is 485. The van der Waals surface area contributed by atoms with E-state index in [4.69, 9.17) is 0 Å². The van der Waals surface area contributed by atoms with Crippen LogP contribution in [0.25, 0.3) is 0 Å². The maximum absolute atomic E-state index is 11.8. The van der Waals surface area contributed by atoms with Crippen LogP contribution in [0.15, 0.2) is 48.9 Å². The lowest BCUT2D eigenvalue weighted by Gasteiger charge is -2.13. The van der Waals surface area contributed by atoms with Gasteiger partial charge in [-0.25, -0.2) is 4.98 Å². The Kier molecular flexibility index (Phi) is 3.45. The molecule has 1 amide bonds. The van der Waals surface area contributed by atoms with E-state index in [-0.39, 0.29) is 11.9 Å². The molecule has 1 heterocycles. The van der Waals surface area contributed by atoms with E-state index < -0.39 is 0 Å². The minimum absolute atomic E-state index is 0.0503. The number of amides is 1. The molecule has 86 valence electrons. The molecule has 2 rings (SSSR count). The number of nitrogens with one attached hydrogen (secondary N) is 1. The van der Waals surface area contributed by atoms with Crippen molar-refractivity contribution in [1.82, 2.24) is 15.3 Å². The van der Waals surface area contributed by atoms with E-state index >= 15 is 0 Å². The van der Waals surface area contributed by atoms with Crippen molar-refractivity contribution in [2.24, 2.45) is 0 Å². The highest BCUT2D eigenvalue weighted by atomic mass is 16.1. The fourth-order valence-electron chi connectivity index (χ4n) is 1.51. The van der Waals surface area contributed by atoms with Crippen molar-refractivity contribution in [3.63, 3.8) is 0 Å². The van der Waals surface area contributed by atoms with Gasteiger partial charge in [-0.1, -0.05) is 30.3 Å². The zero-order valence-corrected chi connectivity index (χ0v) is 9.50. The predicted octanol–water partition coefficient (Wildman–Crippen LogP) is 1.97. The van der Waals surface area contributed by atoms with Gasteiger partial charge >= 0.3 is 0 Å². The lowest BCUT2D eigenvalue weighted by molar-refractivity contribution is 0.0934. The van der Waals surface area contributed by atoms with Gasteiger partial charge in [-0.15, -0.1) is 0 Å². The SMILES string of the molecule is C[C@@H](NC(=O)c1cnccn1)c1ccccc1. The first-order valence-electron chi connectivity index (χ1n) is 5.39. The molecule has 1 atom stereocenters. The quantitative estimate of drug-likeness (QED) is 0.872. The third kappa shape index (κ3) is 2.87. The summed E-state index contributed by atoms with van der Waals surface area (Å²) in [5.41, 5.74) is 1.39. The summed E-state index contributed by atoms with van der Waals surface area (Å²) >= 11 is 0. The van der Waals surface area contributed by atoms with E-state index in [2.05, 4.69) is 15.3 Å². The molecule has 0 aliphatic heterocycles. The van der Waals surface area contributed by atoms with E-state index in [9.17, 15) is 4.79 Å². The number of hydrogen-bond acceptors (Lipinski definition) is 3. The van der Waals surface area contributed by atoms with E-state index in [0.717, 1.165) is 5.56 Å². The molecule has 0 fully saturated rings. The summed E-state index contributed by atoms with van der Waals surface area (Å²) in [7, 11) is 0. The minimum atomic E-state index is -0.213. The second kappa shape index (κ2) is 5.21. The number of hydrogen-bond donors (Lipinski definition) is 1. The number of carbonyl (C=O) groups excluding carboxylic acids is 1. The van der Waals surface area contributed by atoms with Gasteiger partial charge in [-0.2, -0.15) is 0 Å². The number of aromatic nitrogens is 2. The summed E-state index contributed by atoms with van der Waals surface area (Å²) in [5.74, 6) is -0.213. The molecule has 4 heteroatoms. The number of rotatable bonds is 3. The number of carbonyl (C=O) groups is 1. The molecule has 4 nitrogen and oxygen atoms in total. The lowest BCUT2D eigenvalue weighted by Crippen LogP contribution is -2.27. The Morgan fingerprint density at radius 2 is 2.00 bits per heavy atom. The highest BCUT2D eigenvalue weighted by Gasteiger charge is 2.11. The van der Waals surface area contributed by atoms with Crippen molar-refractivity contribution in [2.45, 2.75) is 13.0 Å². The molecule has 0 bridgehead atoms. The highest BCUT2D eigenvalue weighted by Crippen LogP contribution is 2.11. The van der Waals surface area contributed by atoms with Crippen molar-refractivity contribution in [2.75, 3.05) is 0 Å². The lowest BCUT2D eigenvalue weighted by atomic mass is 10.1. The first-order valence-corrected chi connectivity index (χ1v) is 5.39. The van der Waals surface area contributed by atoms with Gasteiger partial charge in [-0.05, 0) is 12.5 Å². The Morgan fingerprint density at radius 3 is 2.65 bits per heavy atom. The Balaban J connectivity index is 2.05. The predicted molar refractivity (Wildman–Crippen MR) is 64.4 cm³/mol. The smallest absolute Gasteiger partial charge is 0.271 e. The molecule has 0 saturated heterocycles. The molecule has 2 aromatic rings. The highest BCUT2D eigenvalue weighted by molar-refractivity contribution is 5.92. The third-order valence-electron chi connectivity index (χ3n) is 2.44. The Hall–Kier alpha value is -2.23. The summed E-state index contributed by atoms with van der Waals surface area (Å²) in [5, 5.41) is 2.87. The first-order chi connectivity index (χ1) is 8.27. The molecule has 0 aliphatic carbocycles. The Morgan fingerprint density at radius 1 is 1.24 bits per heavy atom. The first kappa shape index (κ1) is 11.3. The van der Waals surface area contributed by atoms with Gasteiger partial charge < -0.3 is 5.32 Å². The summed E-state index contributed by atoms with van der Waals surface area (Å²) in [6.07, 6.45) is 4.49. The zero-order chi connectivity index (χ0) is 12.1. The van der Waals surface area contributed by atoms with Crippen molar-refractivity contribution >= 4 is 5.91 Å². The van der Waals surface area contributed by atoms with Gasteiger partial charge in [0.25, 0.3) is 5.91 Å². The molecule has 1 aromatic heterocycles. The molecular weight excluding hydrogens is 214 g/mol. The maximum atomic E-state index is 11.8. The fraction of sp³-hybridized carbons (Fsp3) is 0.154. The number of nitrogens with zero attached hydrogens (tertiary/aromatic N) is 2. The molecule has 1 N–H and O–H groups in total. The zero-order valence-electron chi connectivity index (χ0n) is 9.50. The second-order valence-corrected chi connectivity index (χ2v) is 3.70. The molecule has 0 spiro atoms. The normalized spacial score (nSPS) is 11.8. The van der Waals surface area contributed by atoms with Gasteiger partial charge in [0.15, 0.2) is 0 Å². The molecule has 0 saturated carbocycles. The molecule has 0 radical (unpaired) electrons. The van der Waals surface area contributed by atoms with Gasteiger partial charge in [0, 0.05) is 12.4 Å². The monoisotopic (exact) mass is 227 g/mol. The van der Waals surface area contributed by atoms with Crippen LogP contribution in [0.3, 0.4) is 0 Å². The average Bonchev–Trinajstić information content (AvgIpc) is 2.40. The van der Waals surface area contributed by atoms with Crippen LogP contribution in [-0.4, -0.2) is 15.9 Å². The number of benzene rings is 1. The van der Waals surface area contributed by atoms with Crippen LogP contribution in [0.1, 0.15) is 29.0 Å². The van der Waals surface area contributed by atoms with E-state index in [0.29, 0.717) is 5.69 Å². The maximum Gasteiger partial charge on any atom is 0.271 e. The average molecular weight is 227 g/mol. The molecule has 17 heavy (non-hydrogen) atoms. The minimum Gasteiger partial charge on any atom is -0.344 e. The van der Waals surface area contributed by atoms with Crippen LogP contribution in [0, 0.1) is 0 Å². The topological polar surface area (TPSA) is 54.9 Å². The summed E-state index contributed by atoms with van der Waals surface area (Å²) in [4.78, 5) is 19.6. The van der Waals surface area contributed by atoms with Gasteiger partial charge in [-0.3, -0.25) is 9.78 Å². The van der Waals surface area contributed by atoms with Crippen molar-refractivity contribution in [3.05, 3.63) is 60.2 Å². The summed E-state index contributed by atoms with van der Waals surface area (Å²) in [6.45, 7) is 1.93. The molecule has 1 aromatic carbocycles. The van der Waals surface area contributed by atoms with Crippen LogP contribution in [-0.2, 0) is 0 Å². The summed E-state index contributed by atoms with van der Waals surface area (Å²) in [6, 6.07) is 9.73.